The lowest BCUT2D eigenvalue weighted by molar-refractivity contribution is 1.14. The van der Waals surface area contributed by atoms with Gasteiger partial charge >= 0.3 is 11.1 Å². The van der Waals surface area contributed by atoms with E-state index in [1.165, 1.54) is 6.07 Å². The summed E-state index contributed by atoms with van der Waals surface area (Å²) in [5.74, 6) is 0. The number of hydrogen-bond donors (Lipinski definition) is 2. The van der Waals surface area contributed by atoms with E-state index in [-0.39, 0.29) is 0 Å². The molecule has 0 saturated carbocycles. The molecule has 0 unspecified atom stereocenters. The Hall–Kier alpha value is -0.530. The zero-order chi connectivity index (χ0) is 11.2. The van der Waals surface area contributed by atoms with Gasteiger partial charge in [-0.2, -0.15) is 0 Å². The maximum atomic E-state index is 11.1. The van der Waals surface area contributed by atoms with Crippen molar-refractivity contribution >= 4 is 56.8 Å². The van der Waals surface area contributed by atoms with E-state index < -0.39 is 11.1 Å². The van der Waals surface area contributed by atoms with E-state index in [2.05, 4.69) is 9.97 Å². The van der Waals surface area contributed by atoms with Crippen molar-refractivity contribution in [1.82, 2.24) is 9.97 Å². The number of rotatable bonds is 0. The number of fused-ring (bicyclic) bond motifs is 1. The number of aromatic amines is 2. The summed E-state index contributed by atoms with van der Waals surface area (Å²) in [6.45, 7) is 0. The molecule has 0 atom stereocenters. The Balaban J connectivity index is 3.06. The van der Waals surface area contributed by atoms with Crippen LogP contribution in [0.4, 0.5) is 0 Å². The van der Waals surface area contributed by atoms with Gasteiger partial charge in [-0.05, 0) is 28.7 Å². The largest absolute Gasteiger partial charge is 0.316 e. The number of benzene rings is 1. The quantitative estimate of drug-likeness (QED) is 0.431. The summed E-state index contributed by atoms with van der Waals surface area (Å²) in [5.41, 5.74) is -0.483. The topological polar surface area (TPSA) is 65.7 Å². The molecule has 0 aliphatic carbocycles. The molecular weight excluding hydrogens is 354 g/mol. The zero-order valence-corrected chi connectivity index (χ0v) is 10.7. The van der Waals surface area contributed by atoms with E-state index in [9.17, 15) is 9.59 Å². The second-order valence-electron chi connectivity index (χ2n) is 2.82. The minimum Gasteiger partial charge on any atom is -0.316 e. The van der Waals surface area contributed by atoms with Crippen LogP contribution < -0.4 is 11.1 Å². The highest BCUT2D eigenvalue weighted by Crippen LogP contribution is 2.31. The highest BCUT2D eigenvalue weighted by molar-refractivity contribution is 14.1. The molecule has 0 saturated heterocycles. The van der Waals surface area contributed by atoms with Crippen LogP contribution in [0.5, 0.6) is 0 Å². The van der Waals surface area contributed by atoms with E-state index in [1.807, 2.05) is 22.6 Å². The second-order valence-corrected chi connectivity index (χ2v) is 4.68. The number of hydrogen-bond acceptors (Lipinski definition) is 2. The summed E-state index contributed by atoms with van der Waals surface area (Å²) >= 11 is 13.7. The molecule has 78 valence electrons. The van der Waals surface area contributed by atoms with Gasteiger partial charge in [0.25, 0.3) is 0 Å². The number of halogens is 3. The van der Waals surface area contributed by atoms with E-state index in [4.69, 9.17) is 23.2 Å². The molecule has 2 aromatic rings. The van der Waals surface area contributed by atoms with Crippen molar-refractivity contribution in [1.29, 1.82) is 0 Å². The first-order valence-electron chi connectivity index (χ1n) is 3.80. The molecule has 2 N–H and O–H groups in total. The monoisotopic (exact) mass is 356 g/mol. The summed E-state index contributed by atoms with van der Waals surface area (Å²) in [4.78, 5) is 27.0. The summed E-state index contributed by atoms with van der Waals surface area (Å²) in [5, 5.41) is 0.684. The summed E-state index contributed by atoms with van der Waals surface area (Å²) < 4.78 is 0.602. The molecule has 0 aliphatic heterocycles. The number of nitrogens with one attached hydrogen (secondary N) is 2. The Morgan fingerprint density at radius 2 is 1.73 bits per heavy atom. The molecular formula is C8H3Cl2IN2O2. The minimum atomic E-state index is -0.711. The third kappa shape index (κ3) is 1.79. The fourth-order valence-corrected chi connectivity index (χ4v) is 2.39. The first kappa shape index (κ1) is 11.0. The molecule has 0 aliphatic rings. The Morgan fingerprint density at radius 3 is 2.40 bits per heavy atom. The van der Waals surface area contributed by atoms with Gasteiger partial charge in [0.1, 0.15) is 0 Å². The Bertz CT molecular complexity index is 662. The van der Waals surface area contributed by atoms with Crippen LogP contribution in [0.2, 0.25) is 10.0 Å². The molecule has 0 radical (unpaired) electrons. The van der Waals surface area contributed by atoms with Crippen LogP contribution in [0.3, 0.4) is 0 Å². The first-order chi connectivity index (χ1) is 7.00. The van der Waals surface area contributed by atoms with Crippen LogP contribution in [0, 0.1) is 3.57 Å². The van der Waals surface area contributed by atoms with Gasteiger partial charge < -0.3 is 9.97 Å². The van der Waals surface area contributed by atoms with Gasteiger partial charge in [0, 0.05) is 0 Å². The minimum absolute atomic E-state index is 0.330. The van der Waals surface area contributed by atoms with E-state index in [1.54, 1.807) is 0 Å². The molecule has 1 aromatic heterocycles. The second kappa shape index (κ2) is 3.80. The fourth-order valence-electron chi connectivity index (χ4n) is 1.17. The molecule has 1 heterocycles. The Morgan fingerprint density at radius 1 is 1.13 bits per heavy atom. The first-order valence-corrected chi connectivity index (χ1v) is 5.64. The normalized spacial score (nSPS) is 10.9. The molecule has 0 spiro atoms. The summed E-state index contributed by atoms with van der Waals surface area (Å²) in [6, 6.07) is 1.50. The predicted octanol–water partition coefficient (Wildman–Crippen LogP) is 2.13. The molecule has 4 nitrogen and oxygen atoms in total. The van der Waals surface area contributed by atoms with Crippen LogP contribution in [-0.4, -0.2) is 9.97 Å². The van der Waals surface area contributed by atoms with Gasteiger partial charge in [-0.1, -0.05) is 23.2 Å². The van der Waals surface area contributed by atoms with Crippen molar-refractivity contribution in [2.24, 2.45) is 0 Å². The number of aromatic nitrogens is 2. The van der Waals surface area contributed by atoms with Crippen LogP contribution in [0.25, 0.3) is 11.0 Å². The Kier molecular flexibility index (Phi) is 2.78. The average Bonchev–Trinajstić information content (AvgIpc) is 2.19. The Labute approximate surface area is 107 Å². The molecule has 15 heavy (non-hydrogen) atoms. The van der Waals surface area contributed by atoms with Gasteiger partial charge in [0.2, 0.25) is 0 Å². The standard InChI is InChI=1S/C8H3Cl2IN2O2/c9-2-1-3-6(5(11)4(2)10)13-8(15)7(14)12-3/h1H,(H,12,14)(H,13,15). The molecule has 1 aromatic carbocycles. The average molecular weight is 357 g/mol. The maximum absolute atomic E-state index is 11.1. The van der Waals surface area contributed by atoms with Crippen molar-refractivity contribution in [3.63, 3.8) is 0 Å². The summed E-state index contributed by atoms with van der Waals surface area (Å²) in [6.07, 6.45) is 0. The van der Waals surface area contributed by atoms with E-state index in [0.29, 0.717) is 24.6 Å². The van der Waals surface area contributed by atoms with Gasteiger partial charge in [-0.25, -0.2) is 0 Å². The van der Waals surface area contributed by atoms with Crippen LogP contribution in [-0.2, 0) is 0 Å². The van der Waals surface area contributed by atoms with Crippen molar-refractivity contribution in [2.45, 2.75) is 0 Å². The zero-order valence-electron chi connectivity index (χ0n) is 7.03. The highest BCUT2D eigenvalue weighted by Gasteiger charge is 2.10. The lowest BCUT2D eigenvalue weighted by Gasteiger charge is -2.03. The molecule has 0 bridgehead atoms. The van der Waals surface area contributed by atoms with Gasteiger partial charge in [-0.15, -0.1) is 0 Å². The maximum Gasteiger partial charge on any atom is 0.314 e. The van der Waals surface area contributed by atoms with Gasteiger partial charge in [-0.3, -0.25) is 9.59 Å². The molecule has 7 heteroatoms. The predicted molar refractivity (Wildman–Crippen MR) is 67.9 cm³/mol. The van der Waals surface area contributed by atoms with Crippen LogP contribution in [0.15, 0.2) is 15.7 Å². The van der Waals surface area contributed by atoms with Crippen molar-refractivity contribution in [3.05, 3.63) is 40.4 Å². The van der Waals surface area contributed by atoms with Crippen LogP contribution >= 0.6 is 45.8 Å². The third-order valence-electron chi connectivity index (χ3n) is 1.86. The molecule has 0 amide bonds. The molecule has 2 rings (SSSR count). The van der Waals surface area contributed by atoms with Gasteiger partial charge in [0.05, 0.1) is 24.6 Å². The van der Waals surface area contributed by atoms with Crippen LogP contribution in [0.1, 0.15) is 0 Å². The highest BCUT2D eigenvalue weighted by atomic mass is 127. The lowest BCUT2D eigenvalue weighted by Crippen LogP contribution is -2.29. The smallest absolute Gasteiger partial charge is 0.314 e. The fraction of sp³-hybridized carbons (Fsp3) is 0. The van der Waals surface area contributed by atoms with Crippen molar-refractivity contribution < 1.29 is 0 Å². The van der Waals surface area contributed by atoms with E-state index in [0.717, 1.165) is 0 Å². The SMILES string of the molecule is O=c1[nH]c2cc(Cl)c(Cl)c(I)c2[nH]c1=O. The lowest BCUT2D eigenvalue weighted by atomic mass is 10.3. The van der Waals surface area contributed by atoms with E-state index >= 15 is 0 Å². The molecule has 0 fully saturated rings. The summed E-state index contributed by atoms with van der Waals surface area (Å²) in [7, 11) is 0. The van der Waals surface area contributed by atoms with Gasteiger partial charge in [0.15, 0.2) is 0 Å². The van der Waals surface area contributed by atoms with Crippen molar-refractivity contribution in [3.8, 4) is 0 Å². The third-order valence-corrected chi connectivity index (χ3v) is 4.04. The number of H-pyrrole nitrogens is 2. The van der Waals surface area contributed by atoms with Crippen molar-refractivity contribution in [2.75, 3.05) is 0 Å².